The van der Waals surface area contributed by atoms with Crippen molar-refractivity contribution in [1.29, 1.82) is 0 Å². The van der Waals surface area contributed by atoms with Crippen molar-refractivity contribution in [2.45, 2.75) is 76.0 Å². The molecule has 1 aliphatic carbocycles. The number of amides is 1. The van der Waals surface area contributed by atoms with Crippen LogP contribution in [0.1, 0.15) is 33.1 Å². The standard InChI is InChI=1S/C17H31NO8/c1-3-11(20)10(18-16(24)9-4-8(2)5-9)7-25-17-15(23)14(22)13(21)12(6-19)26-17/h8-15,17,19-23H,3-7H2,1-2H3,(H,18,24)/t8?,9?,10-,11+,12?,13-,14?,15?,17-/m0/s1. The molecule has 26 heavy (non-hydrogen) atoms. The van der Waals surface area contributed by atoms with E-state index in [0.29, 0.717) is 12.3 Å². The zero-order chi connectivity index (χ0) is 19.4. The molecule has 1 heterocycles. The summed E-state index contributed by atoms with van der Waals surface area (Å²) in [6.07, 6.45) is -5.71. The molecule has 7 atom stereocenters. The molecule has 2 rings (SSSR count). The molecule has 0 aromatic rings. The van der Waals surface area contributed by atoms with Crippen LogP contribution in [0.5, 0.6) is 0 Å². The lowest BCUT2D eigenvalue weighted by Gasteiger charge is -2.40. The molecule has 0 aromatic heterocycles. The SMILES string of the molecule is CC[C@@H](O)[C@H](CO[C@H]1OC(CO)[C@H](O)C(O)C1O)NC(=O)C1CC(C)C1. The fraction of sp³-hybridized carbons (Fsp3) is 0.941. The van der Waals surface area contributed by atoms with Gasteiger partial charge in [-0.15, -0.1) is 0 Å². The maximum Gasteiger partial charge on any atom is 0.223 e. The number of hydrogen-bond donors (Lipinski definition) is 6. The topological polar surface area (TPSA) is 149 Å². The predicted molar refractivity (Wildman–Crippen MR) is 89.8 cm³/mol. The van der Waals surface area contributed by atoms with Gasteiger partial charge in [0, 0.05) is 5.92 Å². The lowest BCUT2D eigenvalue weighted by atomic mass is 9.75. The van der Waals surface area contributed by atoms with Gasteiger partial charge < -0.3 is 40.3 Å². The molecule has 0 bridgehead atoms. The summed E-state index contributed by atoms with van der Waals surface area (Å²) in [6, 6.07) is -0.698. The molecular formula is C17H31NO8. The number of aliphatic hydroxyl groups is 5. The van der Waals surface area contributed by atoms with Crippen LogP contribution in [-0.4, -0.2) is 87.5 Å². The van der Waals surface area contributed by atoms with Crippen LogP contribution in [0.15, 0.2) is 0 Å². The lowest BCUT2D eigenvalue weighted by Crippen LogP contribution is -2.60. The van der Waals surface area contributed by atoms with Gasteiger partial charge in [0.2, 0.25) is 5.91 Å². The van der Waals surface area contributed by atoms with E-state index < -0.39 is 49.5 Å². The summed E-state index contributed by atoms with van der Waals surface area (Å²) in [7, 11) is 0. The first-order valence-corrected chi connectivity index (χ1v) is 9.19. The van der Waals surface area contributed by atoms with E-state index >= 15 is 0 Å². The van der Waals surface area contributed by atoms with E-state index in [4.69, 9.17) is 9.47 Å². The van der Waals surface area contributed by atoms with Crippen LogP contribution < -0.4 is 5.32 Å². The molecule has 9 heteroatoms. The molecule has 0 aromatic carbocycles. The summed E-state index contributed by atoms with van der Waals surface area (Å²) in [4.78, 5) is 12.2. The van der Waals surface area contributed by atoms with Gasteiger partial charge in [0.05, 0.1) is 25.4 Å². The van der Waals surface area contributed by atoms with Gasteiger partial charge in [0.25, 0.3) is 0 Å². The average molecular weight is 377 g/mol. The Labute approximate surface area is 152 Å². The quantitative estimate of drug-likeness (QED) is 0.287. The van der Waals surface area contributed by atoms with E-state index in [2.05, 4.69) is 12.2 Å². The van der Waals surface area contributed by atoms with E-state index in [9.17, 15) is 30.3 Å². The molecule has 0 spiro atoms. The highest BCUT2D eigenvalue weighted by Gasteiger charge is 2.44. The second-order valence-electron chi connectivity index (χ2n) is 7.39. The second-order valence-corrected chi connectivity index (χ2v) is 7.39. The molecule has 3 unspecified atom stereocenters. The van der Waals surface area contributed by atoms with Crippen molar-refractivity contribution in [2.75, 3.05) is 13.2 Å². The molecule has 2 aliphatic rings. The Morgan fingerprint density at radius 1 is 1.23 bits per heavy atom. The molecule has 1 saturated heterocycles. The molecule has 2 fully saturated rings. The maximum atomic E-state index is 12.2. The number of rotatable bonds is 8. The third-order valence-electron chi connectivity index (χ3n) is 5.24. The van der Waals surface area contributed by atoms with Crippen molar-refractivity contribution in [3.8, 4) is 0 Å². The molecular weight excluding hydrogens is 346 g/mol. The first-order valence-electron chi connectivity index (χ1n) is 9.19. The monoisotopic (exact) mass is 377 g/mol. The maximum absolute atomic E-state index is 12.2. The number of carbonyl (C=O) groups is 1. The molecule has 1 amide bonds. The van der Waals surface area contributed by atoms with Gasteiger partial charge >= 0.3 is 0 Å². The highest BCUT2D eigenvalue weighted by atomic mass is 16.7. The highest BCUT2D eigenvalue weighted by molar-refractivity contribution is 5.79. The summed E-state index contributed by atoms with van der Waals surface area (Å²) in [5.41, 5.74) is 0. The highest BCUT2D eigenvalue weighted by Crippen LogP contribution is 2.33. The minimum atomic E-state index is -1.54. The number of ether oxygens (including phenoxy) is 2. The average Bonchev–Trinajstić information content (AvgIpc) is 2.61. The van der Waals surface area contributed by atoms with Gasteiger partial charge in [-0.1, -0.05) is 13.8 Å². The zero-order valence-electron chi connectivity index (χ0n) is 15.2. The van der Waals surface area contributed by atoms with E-state index in [0.717, 1.165) is 12.8 Å². The van der Waals surface area contributed by atoms with E-state index in [1.807, 2.05) is 0 Å². The van der Waals surface area contributed by atoms with Crippen LogP contribution >= 0.6 is 0 Å². The summed E-state index contributed by atoms with van der Waals surface area (Å²) < 4.78 is 10.7. The first-order chi connectivity index (χ1) is 12.3. The van der Waals surface area contributed by atoms with E-state index in [-0.39, 0.29) is 18.4 Å². The molecule has 1 aliphatic heterocycles. The first kappa shape index (κ1) is 21.5. The van der Waals surface area contributed by atoms with E-state index in [1.165, 1.54) is 0 Å². The molecule has 6 N–H and O–H groups in total. The third-order valence-corrected chi connectivity index (χ3v) is 5.24. The summed E-state index contributed by atoms with van der Waals surface area (Å²) in [5, 5.41) is 51.7. The minimum absolute atomic E-state index is 0.0659. The number of nitrogens with one attached hydrogen (secondary N) is 1. The van der Waals surface area contributed by atoms with Gasteiger partial charge in [0.15, 0.2) is 6.29 Å². The van der Waals surface area contributed by atoms with Crippen molar-refractivity contribution in [3.63, 3.8) is 0 Å². The van der Waals surface area contributed by atoms with Crippen LogP contribution in [-0.2, 0) is 14.3 Å². The van der Waals surface area contributed by atoms with Crippen molar-refractivity contribution < 1.29 is 39.8 Å². The Morgan fingerprint density at radius 2 is 1.88 bits per heavy atom. The summed E-state index contributed by atoms with van der Waals surface area (Å²) in [5.74, 6) is 0.312. The van der Waals surface area contributed by atoms with E-state index in [1.54, 1.807) is 6.92 Å². The number of hydrogen-bond acceptors (Lipinski definition) is 8. The molecule has 0 radical (unpaired) electrons. The zero-order valence-corrected chi connectivity index (χ0v) is 15.2. The van der Waals surface area contributed by atoms with Crippen LogP contribution in [0.2, 0.25) is 0 Å². The predicted octanol–water partition coefficient (Wildman–Crippen LogP) is -1.90. The third kappa shape index (κ3) is 4.92. The van der Waals surface area contributed by atoms with Crippen molar-refractivity contribution in [3.05, 3.63) is 0 Å². The second kappa shape index (κ2) is 9.41. The molecule has 9 nitrogen and oxygen atoms in total. The van der Waals surface area contributed by atoms with Crippen molar-refractivity contribution >= 4 is 5.91 Å². The van der Waals surface area contributed by atoms with Crippen molar-refractivity contribution in [1.82, 2.24) is 5.32 Å². The Morgan fingerprint density at radius 3 is 2.42 bits per heavy atom. The van der Waals surface area contributed by atoms with Crippen LogP contribution in [0, 0.1) is 11.8 Å². The Kier molecular flexibility index (Phi) is 7.77. The molecule has 1 saturated carbocycles. The Balaban J connectivity index is 1.92. The van der Waals surface area contributed by atoms with Crippen molar-refractivity contribution in [2.24, 2.45) is 11.8 Å². The number of carbonyl (C=O) groups excluding carboxylic acids is 1. The van der Waals surface area contributed by atoms with Crippen LogP contribution in [0.4, 0.5) is 0 Å². The summed E-state index contributed by atoms with van der Waals surface area (Å²) >= 11 is 0. The fourth-order valence-electron chi connectivity index (χ4n) is 3.35. The largest absolute Gasteiger partial charge is 0.394 e. The van der Waals surface area contributed by atoms with Crippen LogP contribution in [0.3, 0.4) is 0 Å². The fourth-order valence-corrected chi connectivity index (χ4v) is 3.35. The Hall–Kier alpha value is -0.810. The van der Waals surface area contributed by atoms with Gasteiger partial charge in [-0.25, -0.2) is 0 Å². The smallest absolute Gasteiger partial charge is 0.223 e. The van der Waals surface area contributed by atoms with Gasteiger partial charge in [-0.05, 0) is 25.2 Å². The lowest BCUT2D eigenvalue weighted by molar-refractivity contribution is -0.302. The summed E-state index contributed by atoms with van der Waals surface area (Å²) in [6.45, 7) is 3.14. The van der Waals surface area contributed by atoms with Crippen LogP contribution in [0.25, 0.3) is 0 Å². The normalized spacial score (nSPS) is 39.7. The Bertz CT molecular complexity index is 456. The van der Waals surface area contributed by atoms with Gasteiger partial charge in [-0.2, -0.15) is 0 Å². The minimum Gasteiger partial charge on any atom is -0.394 e. The number of aliphatic hydroxyl groups excluding tert-OH is 5. The van der Waals surface area contributed by atoms with Gasteiger partial charge in [0.1, 0.15) is 24.4 Å². The molecule has 152 valence electrons. The van der Waals surface area contributed by atoms with Gasteiger partial charge in [-0.3, -0.25) is 4.79 Å².